The quantitative estimate of drug-likeness (QED) is 0.806. The van der Waals surface area contributed by atoms with E-state index >= 15 is 0 Å². The summed E-state index contributed by atoms with van der Waals surface area (Å²) >= 11 is 0. The molecular weight excluding hydrogens is 224 g/mol. The van der Waals surface area contributed by atoms with Gasteiger partial charge in [-0.25, -0.2) is 0 Å². The standard InChI is InChI=1S/C14H14N4/c1-10(12-4-6-17-7-5-12)18-14-8-11(9-15)2-3-13(14)16/h2-8,10,18H,16H2,1H3. The number of hydrogen-bond acceptors (Lipinski definition) is 4. The van der Waals surface area contributed by atoms with Crippen LogP contribution >= 0.6 is 0 Å². The maximum Gasteiger partial charge on any atom is 0.0992 e. The number of aromatic nitrogens is 1. The number of anilines is 2. The summed E-state index contributed by atoms with van der Waals surface area (Å²) in [6.45, 7) is 2.04. The van der Waals surface area contributed by atoms with Crippen molar-refractivity contribution in [3.63, 3.8) is 0 Å². The molecule has 1 atom stereocenters. The molecule has 0 aliphatic heterocycles. The summed E-state index contributed by atoms with van der Waals surface area (Å²) in [5.74, 6) is 0. The molecule has 4 heteroatoms. The van der Waals surface area contributed by atoms with Crippen LogP contribution in [0.5, 0.6) is 0 Å². The Hall–Kier alpha value is -2.54. The molecule has 0 spiro atoms. The second-order valence-electron chi connectivity index (χ2n) is 4.06. The van der Waals surface area contributed by atoms with Crippen molar-refractivity contribution in [1.82, 2.24) is 4.98 Å². The van der Waals surface area contributed by atoms with Gasteiger partial charge in [0.05, 0.1) is 23.0 Å². The summed E-state index contributed by atoms with van der Waals surface area (Å²) in [6.07, 6.45) is 3.51. The number of nitrogen functional groups attached to an aromatic ring is 1. The molecule has 0 radical (unpaired) electrons. The highest BCUT2D eigenvalue weighted by Crippen LogP contribution is 2.24. The average molecular weight is 238 g/mol. The molecule has 2 aromatic rings. The van der Waals surface area contributed by atoms with E-state index in [9.17, 15) is 0 Å². The van der Waals surface area contributed by atoms with E-state index in [1.54, 1.807) is 30.6 Å². The Morgan fingerprint density at radius 1 is 1.28 bits per heavy atom. The normalized spacial score (nSPS) is 11.6. The molecule has 4 nitrogen and oxygen atoms in total. The van der Waals surface area contributed by atoms with E-state index < -0.39 is 0 Å². The molecule has 0 aliphatic carbocycles. The van der Waals surface area contributed by atoms with Gasteiger partial charge >= 0.3 is 0 Å². The van der Waals surface area contributed by atoms with E-state index in [0.29, 0.717) is 11.3 Å². The van der Waals surface area contributed by atoms with E-state index in [-0.39, 0.29) is 6.04 Å². The van der Waals surface area contributed by atoms with Crippen LogP contribution in [0.4, 0.5) is 11.4 Å². The summed E-state index contributed by atoms with van der Waals surface area (Å²) in [4.78, 5) is 3.98. The fourth-order valence-electron chi connectivity index (χ4n) is 1.72. The van der Waals surface area contributed by atoms with E-state index in [4.69, 9.17) is 11.0 Å². The molecule has 1 unspecified atom stereocenters. The van der Waals surface area contributed by atoms with Gasteiger partial charge in [0.15, 0.2) is 0 Å². The molecule has 3 N–H and O–H groups in total. The first-order valence-corrected chi connectivity index (χ1v) is 5.67. The molecule has 0 fully saturated rings. The Balaban J connectivity index is 2.22. The van der Waals surface area contributed by atoms with Gasteiger partial charge in [0, 0.05) is 18.4 Å². The third-order valence-electron chi connectivity index (χ3n) is 2.76. The van der Waals surface area contributed by atoms with E-state index in [2.05, 4.69) is 16.4 Å². The Kier molecular flexibility index (Phi) is 3.44. The summed E-state index contributed by atoms with van der Waals surface area (Å²) in [6, 6.07) is 11.3. The summed E-state index contributed by atoms with van der Waals surface area (Å²) in [7, 11) is 0. The van der Waals surface area contributed by atoms with Gasteiger partial charge in [-0.3, -0.25) is 4.98 Å². The lowest BCUT2D eigenvalue weighted by atomic mass is 10.1. The minimum absolute atomic E-state index is 0.101. The highest BCUT2D eigenvalue weighted by molar-refractivity contribution is 5.68. The Bertz CT molecular complexity index is 572. The Morgan fingerprint density at radius 2 is 2.00 bits per heavy atom. The molecule has 1 heterocycles. The first-order chi connectivity index (χ1) is 8.70. The maximum atomic E-state index is 8.88. The lowest BCUT2D eigenvalue weighted by Crippen LogP contribution is -2.08. The van der Waals surface area contributed by atoms with Gasteiger partial charge in [0.2, 0.25) is 0 Å². The van der Waals surface area contributed by atoms with Crippen molar-refractivity contribution >= 4 is 11.4 Å². The van der Waals surface area contributed by atoms with Crippen molar-refractivity contribution in [2.75, 3.05) is 11.1 Å². The number of nitrogens with two attached hydrogens (primary N) is 1. The van der Waals surface area contributed by atoms with Crippen LogP contribution in [0.3, 0.4) is 0 Å². The van der Waals surface area contributed by atoms with Crippen molar-refractivity contribution in [3.8, 4) is 6.07 Å². The molecule has 0 saturated heterocycles. The minimum Gasteiger partial charge on any atom is -0.397 e. The monoisotopic (exact) mass is 238 g/mol. The second kappa shape index (κ2) is 5.19. The number of rotatable bonds is 3. The molecule has 0 saturated carbocycles. The summed E-state index contributed by atoms with van der Waals surface area (Å²) in [5, 5.41) is 12.2. The highest BCUT2D eigenvalue weighted by atomic mass is 14.9. The van der Waals surface area contributed by atoms with Crippen LogP contribution in [0.2, 0.25) is 0 Å². The largest absolute Gasteiger partial charge is 0.397 e. The lowest BCUT2D eigenvalue weighted by molar-refractivity contribution is 0.881. The number of nitrogens with one attached hydrogen (secondary N) is 1. The zero-order valence-electron chi connectivity index (χ0n) is 10.1. The smallest absolute Gasteiger partial charge is 0.0992 e. The molecule has 0 bridgehead atoms. The van der Waals surface area contributed by atoms with Gasteiger partial charge < -0.3 is 11.1 Å². The van der Waals surface area contributed by atoms with Gasteiger partial charge in [0.1, 0.15) is 0 Å². The van der Waals surface area contributed by atoms with Crippen LogP contribution in [0, 0.1) is 11.3 Å². The summed E-state index contributed by atoms with van der Waals surface area (Å²) < 4.78 is 0. The van der Waals surface area contributed by atoms with Gasteiger partial charge in [-0.2, -0.15) is 5.26 Å². The van der Waals surface area contributed by atoms with Gasteiger partial charge in [0.25, 0.3) is 0 Å². The van der Waals surface area contributed by atoms with E-state index in [1.807, 2.05) is 19.1 Å². The minimum atomic E-state index is 0.101. The molecular formula is C14H14N4. The number of nitriles is 1. The number of pyridine rings is 1. The second-order valence-corrected chi connectivity index (χ2v) is 4.06. The number of nitrogens with zero attached hydrogens (tertiary/aromatic N) is 2. The van der Waals surface area contributed by atoms with Crippen LogP contribution in [0.15, 0.2) is 42.7 Å². The van der Waals surface area contributed by atoms with Crippen LogP contribution < -0.4 is 11.1 Å². The fourth-order valence-corrected chi connectivity index (χ4v) is 1.72. The van der Waals surface area contributed by atoms with Crippen molar-refractivity contribution in [2.24, 2.45) is 0 Å². The Labute approximate surface area is 106 Å². The van der Waals surface area contributed by atoms with E-state index in [0.717, 1.165) is 11.3 Å². The molecule has 0 aliphatic rings. The first kappa shape index (κ1) is 11.9. The van der Waals surface area contributed by atoms with Crippen molar-refractivity contribution in [1.29, 1.82) is 5.26 Å². The Morgan fingerprint density at radius 3 is 2.67 bits per heavy atom. The topological polar surface area (TPSA) is 74.7 Å². The third kappa shape index (κ3) is 2.58. The average Bonchev–Trinajstić information content (AvgIpc) is 2.42. The molecule has 18 heavy (non-hydrogen) atoms. The van der Waals surface area contributed by atoms with Crippen molar-refractivity contribution in [2.45, 2.75) is 13.0 Å². The van der Waals surface area contributed by atoms with Gasteiger partial charge in [-0.15, -0.1) is 0 Å². The van der Waals surface area contributed by atoms with Gasteiger partial charge in [-0.1, -0.05) is 0 Å². The van der Waals surface area contributed by atoms with Crippen molar-refractivity contribution in [3.05, 3.63) is 53.9 Å². The maximum absolute atomic E-state index is 8.88. The predicted octanol–water partition coefficient (Wildman–Crippen LogP) is 2.71. The first-order valence-electron chi connectivity index (χ1n) is 5.67. The predicted molar refractivity (Wildman–Crippen MR) is 71.8 cm³/mol. The molecule has 0 amide bonds. The molecule has 1 aromatic heterocycles. The molecule has 2 rings (SSSR count). The number of benzene rings is 1. The fraction of sp³-hybridized carbons (Fsp3) is 0.143. The van der Waals surface area contributed by atoms with Crippen LogP contribution in [-0.2, 0) is 0 Å². The van der Waals surface area contributed by atoms with Crippen LogP contribution in [0.25, 0.3) is 0 Å². The zero-order chi connectivity index (χ0) is 13.0. The lowest BCUT2D eigenvalue weighted by Gasteiger charge is -2.17. The summed E-state index contributed by atoms with van der Waals surface area (Å²) in [5.41, 5.74) is 9.01. The third-order valence-corrected chi connectivity index (χ3v) is 2.76. The van der Waals surface area contributed by atoms with E-state index in [1.165, 1.54) is 0 Å². The van der Waals surface area contributed by atoms with Gasteiger partial charge in [-0.05, 0) is 42.8 Å². The van der Waals surface area contributed by atoms with Crippen LogP contribution in [0.1, 0.15) is 24.1 Å². The van der Waals surface area contributed by atoms with Crippen molar-refractivity contribution < 1.29 is 0 Å². The SMILES string of the molecule is CC(Nc1cc(C#N)ccc1N)c1ccncc1. The zero-order valence-corrected chi connectivity index (χ0v) is 10.1. The highest BCUT2D eigenvalue weighted by Gasteiger charge is 2.07. The van der Waals surface area contributed by atoms with Crippen LogP contribution in [-0.4, -0.2) is 4.98 Å². The molecule has 90 valence electrons. The number of hydrogen-bond donors (Lipinski definition) is 2. The molecule has 1 aromatic carbocycles.